The van der Waals surface area contributed by atoms with E-state index in [-0.39, 0.29) is 5.91 Å². The number of likely N-dealkylation sites (N-methyl/N-ethyl adjacent to an activating group) is 1. The molecule has 1 saturated heterocycles. The van der Waals surface area contributed by atoms with Crippen LogP contribution in [0.2, 0.25) is 0 Å². The highest BCUT2D eigenvalue weighted by Crippen LogP contribution is 2.18. The van der Waals surface area contributed by atoms with Crippen molar-refractivity contribution in [2.24, 2.45) is 5.73 Å². The lowest BCUT2D eigenvalue weighted by Crippen LogP contribution is -2.51. The SMILES string of the molecule is CNC(C)(CCCCN1CCCC1C)C(N)=O. The molecular formula is C13H27N3O. The van der Waals surface area contributed by atoms with Crippen LogP contribution in [0.4, 0.5) is 0 Å². The molecule has 4 nitrogen and oxygen atoms in total. The van der Waals surface area contributed by atoms with Gasteiger partial charge in [0, 0.05) is 6.04 Å². The summed E-state index contributed by atoms with van der Waals surface area (Å²) < 4.78 is 0. The van der Waals surface area contributed by atoms with Gasteiger partial charge in [-0.1, -0.05) is 0 Å². The van der Waals surface area contributed by atoms with Crippen LogP contribution >= 0.6 is 0 Å². The lowest BCUT2D eigenvalue weighted by atomic mass is 9.94. The molecule has 0 radical (unpaired) electrons. The molecule has 1 aliphatic heterocycles. The Labute approximate surface area is 105 Å². The Hall–Kier alpha value is -0.610. The Kier molecular flexibility index (Phi) is 5.40. The Balaban J connectivity index is 2.21. The van der Waals surface area contributed by atoms with E-state index in [1.807, 2.05) is 6.92 Å². The number of carbonyl (C=O) groups is 1. The van der Waals surface area contributed by atoms with Crippen molar-refractivity contribution in [2.45, 2.75) is 57.5 Å². The van der Waals surface area contributed by atoms with Gasteiger partial charge in [-0.25, -0.2) is 0 Å². The molecule has 1 rings (SSSR count). The van der Waals surface area contributed by atoms with E-state index in [0.717, 1.165) is 31.8 Å². The van der Waals surface area contributed by atoms with Gasteiger partial charge in [-0.2, -0.15) is 0 Å². The molecule has 4 heteroatoms. The van der Waals surface area contributed by atoms with Crippen LogP contribution in [-0.4, -0.2) is 42.5 Å². The monoisotopic (exact) mass is 241 g/mol. The maximum atomic E-state index is 11.3. The molecule has 17 heavy (non-hydrogen) atoms. The van der Waals surface area contributed by atoms with Crippen molar-refractivity contribution in [3.05, 3.63) is 0 Å². The molecule has 0 spiro atoms. The fourth-order valence-electron chi connectivity index (χ4n) is 2.49. The molecule has 0 saturated carbocycles. The number of rotatable bonds is 7. The minimum atomic E-state index is -0.545. The molecule has 0 aliphatic carbocycles. The molecule has 100 valence electrons. The second kappa shape index (κ2) is 6.36. The second-order valence-corrected chi connectivity index (χ2v) is 5.43. The van der Waals surface area contributed by atoms with Crippen LogP contribution in [0.25, 0.3) is 0 Å². The van der Waals surface area contributed by atoms with E-state index in [1.165, 1.54) is 19.4 Å². The van der Waals surface area contributed by atoms with Gasteiger partial charge in [-0.15, -0.1) is 0 Å². The molecule has 0 aromatic heterocycles. The second-order valence-electron chi connectivity index (χ2n) is 5.43. The van der Waals surface area contributed by atoms with E-state index in [4.69, 9.17) is 5.73 Å². The van der Waals surface area contributed by atoms with E-state index in [2.05, 4.69) is 17.1 Å². The van der Waals surface area contributed by atoms with Gasteiger partial charge in [0.2, 0.25) is 5.91 Å². The van der Waals surface area contributed by atoms with Gasteiger partial charge in [-0.3, -0.25) is 4.79 Å². The van der Waals surface area contributed by atoms with E-state index < -0.39 is 5.54 Å². The maximum Gasteiger partial charge on any atom is 0.237 e. The van der Waals surface area contributed by atoms with Crippen molar-refractivity contribution in [3.8, 4) is 0 Å². The van der Waals surface area contributed by atoms with Crippen molar-refractivity contribution in [2.75, 3.05) is 20.1 Å². The van der Waals surface area contributed by atoms with Gasteiger partial charge in [-0.05, 0) is 66.1 Å². The third-order valence-corrected chi connectivity index (χ3v) is 4.16. The number of unbranched alkanes of at least 4 members (excludes halogenated alkanes) is 1. The van der Waals surface area contributed by atoms with Crippen molar-refractivity contribution < 1.29 is 4.79 Å². The molecule has 0 aromatic carbocycles. The summed E-state index contributed by atoms with van der Waals surface area (Å²) in [4.78, 5) is 13.8. The normalized spacial score (nSPS) is 24.8. The summed E-state index contributed by atoms with van der Waals surface area (Å²) in [6.45, 7) is 6.57. The lowest BCUT2D eigenvalue weighted by Gasteiger charge is -2.26. The smallest absolute Gasteiger partial charge is 0.237 e. The molecule has 0 bridgehead atoms. The molecule has 1 fully saturated rings. The van der Waals surface area contributed by atoms with Gasteiger partial charge in [0.15, 0.2) is 0 Å². The highest BCUT2D eigenvalue weighted by atomic mass is 16.1. The summed E-state index contributed by atoms with van der Waals surface area (Å²) in [6, 6.07) is 0.738. The van der Waals surface area contributed by atoms with E-state index in [1.54, 1.807) is 7.05 Å². The number of nitrogens with one attached hydrogen (secondary N) is 1. The predicted octanol–water partition coefficient (Wildman–Crippen LogP) is 1.10. The molecular weight excluding hydrogens is 214 g/mol. The van der Waals surface area contributed by atoms with Crippen molar-refractivity contribution in [1.82, 2.24) is 10.2 Å². The Morgan fingerprint density at radius 3 is 2.71 bits per heavy atom. The number of nitrogens with zero attached hydrogens (tertiary/aromatic N) is 1. The van der Waals surface area contributed by atoms with Gasteiger partial charge >= 0.3 is 0 Å². The van der Waals surface area contributed by atoms with Gasteiger partial charge in [0.05, 0.1) is 5.54 Å². The Morgan fingerprint density at radius 1 is 1.53 bits per heavy atom. The number of likely N-dealkylation sites (tertiary alicyclic amines) is 1. The summed E-state index contributed by atoms with van der Waals surface area (Å²) in [5.41, 5.74) is 4.85. The van der Waals surface area contributed by atoms with Crippen LogP contribution in [0.15, 0.2) is 0 Å². The average Bonchev–Trinajstić information content (AvgIpc) is 2.70. The summed E-state index contributed by atoms with van der Waals surface area (Å²) >= 11 is 0. The zero-order valence-corrected chi connectivity index (χ0v) is 11.5. The number of primary amides is 1. The third kappa shape index (κ3) is 3.96. The van der Waals surface area contributed by atoms with E-state index in [0.29, 0.717) is 0 Å². The minimum Gasteiger partial charge on any atom is -0.368 e. The maximum absolute atomic E-state index is 11.3. The number of amides is 1. The highest BCUT2D eigenvalue weighted by molar-refractivity contribution is 5.84. The predicted molar refractivity (Wildman–Crippen MR) is 70.8 cm³/mol. The zero-order chi connectivity index (χ0) is 12.9. The lowest BCUT2D eigenvalue weighted by molar-refractivity contribution is -0.123. The quantitative estimate of drug-likeness (QED) is 0.656. The van der Waals surface area contributed by atoms with Gasteiger partial charge in [0.25, 0.3) is 0 Å². The average molecular weight is 241 g/mol. The Bertz CT molecular complexity index is 257. The zero-order valence-electron chi connectivity index (χ0n) is 11.5. The number of carbonyl (C=O) groups excluding carboxylic acids is 1. The van der Waals surface area contributed by atoms with Crippen LogP contribution in [0.5, 0.6) is 0 Å². The summed E-state index contributed by atoms with van der Waals surface area (Å²) in [5, 5.41) is 3.03. The highest BCUT2D eigenvalue weighted by Gasteiger charge is 2.28. The standard InChI is InChI=1S/C13H27N3O/c1-11-7-6-10-16(11)9-5-4-8-13(2,15-3)12(14)17/h11,15H,4-10H2,1-3H3,(H2,14,17). The fraction of sp³-hybridized carbons (Fsp3) is 0.923. The molecule has 2 unspecified atom stereocenters. The molecule has 1 heterocycles. The van der Waals surface area contributed by atoms with E-state index >= 15 is 0 Å². The van der Waals surface area contributed by atoms with Crippen LogP contribution in [0.3, 0.4) is 0 Å². The molecule has 3 N–H and O–H groups in total. The first-order valence-corrected chi connectivity index (χ1v) is 6.72. The Morgan fingerprint density at radius 2 is 2.24 bits per heavy atom. The number of hydrogen-bond donors (Lipinski definition) is 2. The van der Waals surface area contributed by atoms with Crippen LogP contribution < -0.4 is 11.1 Å². The molecule has 1 aliphatic rings. The largest absolute Gasteiger partial charge is 0.368 e. The van der Waals surface area contributed by atoms with E-state index in [9.17, 15) is 4.79 Å². The molecule has 2 atom stereocenters. The summed E-state index contributed by atoms with van der Waals surface area (Å²) in [6.07, 6.45) is 5.67. The van der Waals surface area contributed by atoms with Crippen molar-refractivity contribution in [3.63, 3.8) is 0 Å². The van der Waals surface area contributed by atoms with Crippen molar-refractivity contribution >= 4 is 5.91 Å². The van der Waals surface area contributed by atoms with Crippen LogP contribution in [0, 0.1) is 0 Å². The van der Waals surface area contributed by atoms with Gasteiger partial charge < -0.3 is 16.0 Å². The number of hydrogen-bond acceptors (Lipinski definition) is 3. The first-order chi connectivity index (χ1) is 7.99. The third-order valence-electron chi connectivity index (χ3n) is 4.16. The topological polar surface area (TPSA) is 58.4 Å². The first kappa shape index (κ1) is 14.5. The molecule has 1 amide bonds. The first-order valence-electron chi connectivity index (χ1n) is 6.72. The van der Waals surface area contributed by atoms with Gasteiger partial charge in [0.1, 0.15) is 0 Å². The van der Waals surface area contributed by atoms with Crippen molar-refractivity contribution in [1.29, 1.82) is 0 Å². The van der Waals surface area contributed by atoms with Crippen LogP contribution in [-0.2, 0) is 4.79 Å². The fourth-order valence-corrected chi connectivity index (χ4v) is 2.49. The summed E-state index contributed by atoms with van der Waals surface area (Å²) in [5.74, 6) is -0.255. The number of nitrogens with two attached hydrogens (primary N) is 1. The van der Waals surface area contributed by atoms with Crippen LogP contribution in [0.1, 0.15) is 46.0 Å². The minimum absolute atomic E-state index is 0.255. The summed E-state index contributed by atoms with van der Waals surface area (Å²) in [7, 11) is 1.80. The molecule has 0 aromatic rings.